The average Bonchev–Trinajstić information content (AvgIpc) is 4.25. The molecule has 3 amide bonds. The van der Waals surface area contributed by atoms with Gasteiger partial charge in [0.25, 0.3) is 22.9 Å². The Kier molecular flexibility index (Phi) is 16.4. The van der Waals surface area contributed by atoms with Crippen LogP contribution in [0, 0.1) is 13.8 Å². The molecule has 2 aliphatic rings. The van der Waals surface area contributed by atoms with Crippen molar-refractivity contribution in [3.8, 4) is 0 Å². The van der Waals surface area contributed by atoms with Crippen molar-refractivity contribution < 1.29 is 33.3 Å². The Hall–Kier alpha value is -8.14. The Labute approximate surface area is 425 Å². The molecule has 2 fully saturated rings. The van der Waals surface area contributed by atoms with E-state index in [1.165, 1.54) is 22.9 Å². The van der Waals surface area contributed by atoms with Crippen LogP contribution in [0.15, 0.2) is 116 Å². The zero-order valence-electron chi connectivity index (χ0n) is 39.5. The lowest BCUT2D eigenvalue weighted by atomic mass is 10.1. The topological polar surface area (TPSA) is 275 Å². The number of benzene rings is 2. The highest BCUT2D eigenvalue weighted by Crippen LogP contribution is 2.26. The second kappa shape index (κ2) is 23.4. The molecule has 2 aliphatic heterocycles. The van der Waals surface area contributed by atoms with E-state index in [4.69, 9.17) is 37.4 Å². The number of carbonyl (C=O) groups is 4. The van der Waals surface area contributed by atoms with Gasteiger partial charge in [0.05, 0.1) is 11.8 Å². The van der Waals surface area contributed by atoms with Crippen LogP contribution < -0.4 is 27.1 Å². The van der Waals surface area contributed by atoms with Gasteiger partial charge in [0.1, 0.15) is 35.5 Å². The van der Waals surface area contributed by atoms with Crippen LogP contribution in [-0.2, 0) is 35.8 Å². The molecule has 0 spiro atoms. The van der Waals surface area contributed by atoms with Gasteiger partial charge in [0.15, 0.2) is 11.6 Å². The SMILES string of the molecule is Cc1noc(C2CCN(C(=O)Cn3c(=O)c(C(=O)NCc4ccc(Cl)cc4)cc4cccnc43)C2)n1.Cc1noc(C2CCNC2)n1.O=C(O)Cn1c(=O)c(C(=O)NCc2ccc(Cl)cc2)cc2cccnc21. The fraction of sp³-hybridized carbons (Fsp3) is 0.280. The molecule has 4 N–H and O–H groups in total. The molecule has 2 unspecified atom stereocenters. The number of rotatable bonds is 12. The first-order valence-corrected chi connectivity index (χ1v) is 23.8. The number of carboxylic acids is 1. The first kappa shape index (κ1) is 51.2. The van der Waals surface area contributed by atoms with Crippen LogP contribution >= 0.6 is 23.2 Å². The summed E-state index contributed by atoms with van der Waals surface area (Å²) in [7, 11) is 0. The number of pyridine rings is 4. The van der Waals surface area contributed by atoms with Crippen molar-refractivity contribution in [1.29, 1.82) is 0 Å². The first-order chi connectivity index (χ1) is 35.2. The number of hydrogen-bond acceptors (Lipinski definition) is 15. The van der Waals surface area contributed by atoms with Crippen LogP contribution in [0.4, 0.5) is 0 Å². The molecule has 376 valence electrons. The van der Waals surface area contributed by atoms with Crippen LogP contribution in [0.3, 0.4) is 0 Å². The molecule has 2 saturated heterocycles. The highest BCUT2D eigenvalue weighted by Gasteiger charge is 2.32. The number of hydrogen-bond donors (Lipinski definition) is 4. The van der Waals surface area contributed by atoms with Crippen molar-refractivity contribution in [2.45, 2.75) is 64.7 Å². The van der Waals surface area contributed by atoms with Gasteiger partial charge >= 0.3 is 5.97 Å². The summed E-state index contributed by atoms with van der Waals surface area (Å²) in [6.45, 7) is 6.17. The van der Waals surface area contributed by atoms with Gasteiger partial charge in [-0.15, -0.1) is 0 Å². The molecular formula is C50H48Cl2N12O9. The van der Waals surface area contributed by atoms with E-state index in [9.17, 15) is 28.8 Å². The second-order valence-corrected chi connectivity index (χ2v) is 18.0. The number of aliphatic carboxylic acids is 1. The number of aryl methyl sites for hydroxylation is 2. The molecule has 23 heteroatoms. The number of carbonyl (C=O) groups excluding carboxylic acids is 3. The lowest BCUT2D eigenvalue weighted by Gasteiger charge is -2.18. The summed E-state index contributed by atoms with van der Waals surface area (Å²) in [6.07, 6.45) is 4.81. The van der Waals surface area contributed by atoms with Crippen molar-refractivity contribution in [2.75, 3.05) is 26.2 Å². The third-order valence-corrected chi connectivity index (χ3v) is 12.4. The normalized spacial score (nSPS) is 15.0. The number of nitrogens with one attached hydrogen (secondary N) is 3. The van der Waals surface area contributed by atoms with Crippen LogP contribution in [-0.4, -0.2) is 99.3 Å². The molecule has 0 aliphatic carbocycles. The standard InChI is InChI=1S/C25H23ClN6O4.C18H14ClN3O4.C7H11N3O/c1-15-29-24(36-30-15)18-8-10-31(13-18)21(33)14-32-22-17(3-2-9-27-22)11-20(25(32)35)23(34)28-12-16-4-6-19(26)7-5-16;19-13-5-3-11(4-6-13)9-21-17(25)14-8-12-2-1-7-20-16(12)22(18(14)26)10-15(23)24;1-5-9-7(11-10-5)6-2-3-8-4-6/h2-7,9,11,18H,8,10,12-14H2,1H3,(H,28,34);1-8H,9-10H2,(H,21,25)(H,23,24);6,8H,2-4H2,1H3. The fourth-order valence-electron chi connectivity index (χ4n) is 8.17. The maximum Gasteiger partial charge on any atom is 0.323 e. The molecule has 2 aromatic carbocycles. The minimum absolute atomic E-state index is 0.0493. The Morgan fingerprint density at radius 1 is 0.699 bits per heavy atom. The number of aromatic nitrogens is 8. The Morgan fingerprint density at radius 2 is 1.19 bits per heavy atom. The summed E-state index contributed by atoms with van der Waals surface area (Å²) in [5.74, 6) is 0.391. The summed E-state index contributed by atoms with van der Waals surface area (Å²) in [5.41, 5.74) is 0.738. The smallest absolute Gasteiger partial charge is 0.323 e. The molecule has 8 heterocycles. The maximum atomic E-state index is 13.4. The van der Waals surface area contributed by atoms with Crippen molar-refractivity contribution in [2.24, 2.45) is 0 Å². The summed E-state index contributed by atoms with van der Waals surface area (Å²) >= 11 is 11.7. The Balaban J connectivity index is 0.000000166. The molecule has 10 rings (SSSR count). The van der Waals surface area contributed by atoms with Crippen molar-refractivity contribution >= 4 is 69.0 Å². The van der Waals surface area contributed by atoms with E-state index >= 15 is 0 Å². The van der Waals surface area contributed by atoms with Gasteiger partial charge in [-0.1, -0.05) is 57.8 Å². The van der Waals surface area contributed by atoms with E-state index < -0.39 is 35.4 Å². The van der Waals surface area contributed by atoms with Crippen LogP contribution in [0.25, 0.3) is 22.1 Å². The highest BCUT2D eigenvalue weighted by atomic mass is 35.5. The van der Waals surface area contributed by atoms with E-state index in [1.807, 2.05) is 6.92 Å². The number of fused-ring (bicyclic) bond motifs is 2. The number of nitrogens with zero attached hydrogens (tertiary/aromatic N) is 9. The quantitative estimate of drug-likeness (QED) is 0.122. The van der Waals surface area contributed by atoms with Crippen LogP contribution in [0.5, 0.6) is 0 Å². The molecule has 6 aromatic heterocycles. The zero-order chi connectivity index (χ0) is 51.6. The summed E-state index contributed by atoms with van der Waals surface area (Å²) in [4.78, 5) is 94.1. The lowest BCUT2D eigenvalue weighted by Crippen LogP contribution is -2.38. The summed E-state index contributed by atoms with van der Waals surface area (Å²) in [6, 6.07) is 23.7. The van der Waals surface area contributed by atoms with E-state index in [-0.39, 0.29) is 48.2 Å². The zero-order valence-corrected chi connectivity index (χ0v) is 41.0. The third-order valence-electron chi connectivity index (χ3n) is 11.9. The van der Waals surface area contributed by atoms with Gasteiger partial charge in [0.2, 0.25) is 17.7 Å². The van der Waals surface area contributed by atoms with Gasteiger partial charge in [-0.3, -0.25) is 37.9 Å². The molecule has 73 heavy (non-hydrogen) atoms. The predicted molar refractivity (Wildman–Crippen MR) is 267 cm³/mol. The van der Waals surface area contributed by atoms with Crippen LogP contribution in [0.1, 0.15) is 80.0 Å². The van der Waals surface area contributed by atoms with Crippen LogP contribution in [0.2, 0.25) is 10.0 Å². The van der Waals surface area contributed by atoms with E-state index in [2.05, 4.69) is 46.2 Å². The van der Waals surface area contributed by atoms with Gasteiger partial charge in [0, 0.05) is 65.9 Å². The second-order valence-electron chi connectivity index (χ2n) is 17.1. The molecule has 2 atom stereocenters. The van der Waals surface area contributed by atoms with Gasteiger partial charge in [-0.25, -0.2) is 9.97 Å². The Morgan fingerprint density at radius 3 is 1.64 bits per heavy atom. The predicted octanol–water partition coefficient (Wildman–Crippen LogP) is 5.21. The molecule has 0 bridgehead atoms. The van der Waals surface area contributed by atoms with Gasteiger partial charge in [-0.05, 0) is 105 Å². The number of carboxylic acid groups (broad SMARTS) is 1. The first-order valence-electron chi connectivity index (χ1n) is 23.0. The average molecular weight is 1030 g/mol. The minimum atomic E-state index is -1.20. The number of amides is 3. The molecule has 8 aromatic rings. The summed E-state index contributed by atoms with van der Waals surface area (Å²) < 4.78 is 12.5. The Bertz CT molecular complexity index is 3410. The minimum Gasteiger partial charge on any atom is -0.480 e. The maximum absolute atomic E-state index is 13.4. The summed E-state index contributed by atoms with van der Waals surface area (Å²) in [5, 5.41) is 27.6. The fourth-order valence-corrected chi connectivity index (χ4v) is 8.43. The third kappa shape index (κ3) is 12.9. The van der Waals surface area contributed by atoms with E-state index in [1.54, 1.807) is 90.8 Å². The van der Waals surface area contributed by atoms with E-state index in [0.717, 1.165) is 46.9 Å². The molecular weight excluding hydrogens is 984 g/mol. The van der Waals surface area contributed by atoms with Gasteiger partial charge < -0.3 is 35.0 Å². The van der Waals surface area contributed by atoms with E-state index in [0.29, 0.717) is 63.6 Å². The van der Waals surface area contributed by atoms with Crippen molar-refractivity contribution in [3.05, 3.63) is 174 Å². The monoisotopic (exact) mass is 1030 g/mol. The lowest BCUT2D eigenvalue weighted by molar-refractivity contribution is -0.137. The molecule has 0 radical (unpaired) electrons. The largest absolute Gasteiger partial charge is 0.480 e. The number of halogens is 2. The van der Waals surface area contributed by atoms with Crippen molar-refractivity contribution in [1.82, 2.24) is 60.2 Å². The molecule has 0 saturated carbocycles. The molecule has 21 nitrogen and oxygen atoms in total. The highest BCUT2D eigenvalue weighted by molar-refractivity contribution is 6.30. The van der Waals surface area contributed by atoms with Gasteiger partial charge in [-0.2, -0.15) is 9.97 Å². The van der Waals surface area contributed by atoms with Crippen molar-refractivity contribution in [3.63, 3.8) is 0 Å². The number of likely N-dealkylation sites (tertiary alicyclic amines) is 1.